The predicted octanol–water partition coefficient (Wildman–Crippen LogP) is 0.181. The van der Waals surface area contributed by atoms with Gasteiger partial charge >= 0.3 is 5.69 Å². The fraction of sp³-hybridized carbons (Fsp3) is 0.778. The van der Waals surface area contributed by atoms with Crippen LogP contribution < -0.4 is 5.69 Å². The predicted molar refractivity (Wildman–Crippen MR) is 53.2 cm³/mol. The molecule has 5 nitrogen and oxygen atoms in total. The number of aliphatic hydroxyl groups is 1. The van der Waals surface area contributed by atoms with Gasteiger partial charge in [0.05, 0.1) is 12.6 Å². The first kappa shape index (κ1) is 11.0. The molecule has 0 aliphatic rings. The molecule has 1 atom stereocenters. The van der Waals surface area contributed by atoms with E-state index in [4.69, 9.17) is 5.11 Å². The van der Waals surface area contributed by atoms with Crippen LogP contribution in [-0.4, -0.2) is 25.6 Å². The van der Waals surface area contributed by atoms with Gasteiger partial charge in [-0.3, -0.25) is 4.57 Å². The Morgan fingerprint density at radius 3 is 2.50 bits per heavy atom. The van der Waals surface area contributed by atoms with E-state index in [1.54, 1.807) is 11.5 Å². The van der Waals surface area contributed by atoms with Gasteiger partial charge in [0.2, 0.25) is 0 Å². The van der Waals surface area contributed by atoms with Crippen molar-refractivity contribution in [1.29, 1.82) is 0 Å². The molecule has 14 heavy (non-hydrogen) atoms. The molecule has 5 heteroatoms. The molecule has 0 radical (unpaired) electrons. The van der Waals surface area contributed by atoms with Crippen LogP contribution in [0.15, 0.2) is 11.1 Å². The lowest BCUT2D eigenvalue weighted by molar-refractivity contribution is 0.166. The van der Waals surface area contributed by atoms with Crippen molar-refractivity contribution in [3.8, 4) is 0 Å². The fourth-order valence-electron chi connectivity index (χ4n) is 1.17. The summed E-state index contributed by atoms with van der Waals surface area (Å²) >= 11 is 0. The highest BCUT2D eigenvalue weighted by Gasteiger charge is 2.17. The van der Waals surface area contributed by atoms with Crippen LogP contribution in [0.5, 0.6) is 0 Å². The number of hydrogen-bond donors (Lipinski definition) is 1. The molecule has 0 bridgehead atoms. The van der Waals surface area contributed by atoms with Gasteiger partial charge in [0.1, 0.15) is 6.33 Å². The lowest BCUT2D eigenvalue weighted by Gasteiger charge is -2.18. The molecule has 1 N–H and O–H groups in total. The highest BCUT2D eigenvalue weighted by Crippen LogP contribution is 2.08. The molecule has 0 aromatic carbocycles. The van der Waals surface area contributed by atoms with E-state index >= 15 is 0 Å². The molecule has 1 aromatic rings. The van der Waals surface area contributed by atoms with Crippen molar-refractivity contribution in [3.05, 3.63) is 16.8 Å². The van der Waals surface area contributed by atoms with Crippen LogP contribution in [0.1, 0.15) is 27.7 Å². The zero-order chi connectivity index (χ0) is 10.9. The quantitative estimate of drug-likeness (QED) is 0.739. The van der Waals surface area contributed by atoms with E-state index in [0.717, 1.165) is 0 Å². The minimum atomic E-state index is -0.559. The summed E-state index contributed by atoms with van der Waals surface area (Å²) in [6, 6.07) is 0. The Morgan fingerprint density at radius 2 is 2.14 bits per heavy atom. The summed E-state index contributed by atoms with van der Waals surface area (Å²) in [6.45, 7) is 7.67. The van der Waals surface area contributed by atoms with Crippen LogP contribution in [0.3, 0.4) is 0 Å². The zero-order valence-electron chi connectivity index (χ0n) is 9.06. The number of aliphatic hydroxyl groups excluding tert-OH is 1. The molecule has 0 saturated carbocycles. The normalized spacial score (nSPS) is 14.4. The molecule has 1 rings (SSSR count). The number of rotatable bonds is 2. The van der Waals surface area contributed by atoms with Gasteiger partial charge in [-0.25, -0.2) is 9.48 Å². The SMILES string of the molecule is C[C@@H](O)Cn1ncn(C(C)(C)C)c1=O. The van der Waals surface area contributed by atoms with E-state index in [9.17, 15) is 4.79 Å². The lowest BCUT2D eigenvalue weighted by Crippen LogP contribution is -2.35. The Labute approximate surface area is 83.0 Å². The monoisotopic (exact) mass is 199 g/mol. The summed E-state index contributed by atoms with van der Waals surface area (Å²) in [7, 11) is 0. The van der Waals surface area contributed by atoms with E-state index in [-0.39, 0.29) is 17.8 Å². The maximum Gasteiger partial charge on any atom is 0.346 e. The molecule has 0 fully saturated rings. The first-order chi connectivity index (χ1) is 6.32. The van der Waals surface area contributed by atoms with Crippen LogP contribution in [0.2, 0.25) is 0 Å². The molecule has 80 valence electrons. The molecule has 0 spiro atoms. The Balaban J connectivity index is 3.04. The smallest absolute Gasteiger partial charge is 0.346 e. The Morgan fingerprint density at radius 1 is 1.57 bits per heavy atom. The third-order valence-electron chi connectivity index (χ3n) is 1.89. The molecular weight excluding hydrogens is 182 g/mol. The molecule has 1 heterocycles. The summed E-state index contributed by atoms with van der Waals surface area (Å²) < 4.78 is 2.82. The van der Waals surface area contributed by atoms with Crippen LogP contribution in [-0.2, 0) is 12.1 Å². The van der Waals surface area contributed by atoms with E-state index in [2.05, 4.69) is 5.10 Å². The number of aromatic nitrogens is 3. The molecule has 0 aliphatic heterocycles. The van der Waals surface area contributed by atoms with Crippen molar-refractivity contribution in [2.45, 2.75) is 45.9 Å². The van der Waals surface area contributed by atoms with Gasteiger partial charge in [-0.05, 0) is 27.7 Å². The van der Waals surface area contributed by atoms with Gasteiger partial charge in [0.25, 0.3) is 0 Å². The molecule has 0 amide bonds. The van der Waals surface area contributed by atoms with E-state index in [0.29, 0.717) is 0 Å². The van der Waals surface area contributed by atoms with Crippen molar-refractivity contribution in [1.82, 2.24) is 14.3 Å². The topological polar surface area (TPSA) is 60.0 Å². The van der Waals surface area contributed by atoms with Crippen LogP contribution in [0, 0.1) is 0 Å². The second-order valence-corrected chi connectivity index (χ2v) is 4.49. The Kier molecular flexibility index (Phi) is 2.80. The standard InChI is InChI=1S/C9H17N3O2/c1-7(13)5-12-8(14)11(6-10-12)9(2,3)4/h6-7,13H,5H2,1-4H3/t7-/m1/s1. The third-order valence-corrected chi connectivity index (χ3v) is 1.89. The van der Waals surface area contributed by atoms with Crippen molar-refractivity contribution >= 4 is 0 Å². The van der Waals surface area contributed by atoms with Crippen molar-refractivity contribution < 1.29 is 5.11 Å². The average molecular weight is 199 g/mol. The molecule has 0 saturated heterocycles. The van der Waals surface area contributed by atoms with Crippen LogP contribution in [0.25, 0.3) is 0 Å². The first-order valence-electron chi connectivity index (χ1n) is 4.65. The number of nitrogens with zero attached hydrogens (tertiary/aromatic N) is 3. The first-order valence-corrected chi connectivity index (χ1v) is 4.65. The van der Waals surface area contributed by atoms with Gasteiger partial charge in [0.15, 0.2) is 0 Å². The van der Waals surface area contributed by atoms with Gasteiger partial charge in [-0.2, -0.15) is 5.10 Å². The van der Waals surface area contributed by atoms with E-state index in [1.165, 1.54) is 11.0 Å². The second-order valence-electron chi connectivity index (χ2n) is 4.49. The largest absolute Gasteiger partial charge is 0.391 e. The summed E-state index contributed by atoms with van der Waals surface area (Å²) in [5.41, 5.74) is -0.452. The van der Waals surface area contributed by atoms with E-state index < -0.39 is 6.10 Å². The minimum Gasteiger partial charge on any atom is -0.391 e. The van der Waals surface area contributed by atoms with Crippen molar-refractivity contribution in [2.24, 2.45) is 0 Å². The van der Waals surface area contributed by atoms with Gasteiger partial charge < -0.3 is 5.11 Å². The Hall–Kier alpha value is -1.10. The summed E-state index contributed by atoms with van der Waals surface area (Å²) in [6.07, 6.45) is 0.945. The highest BCUT2D eigenvalue weighted by molar-refractivity contribution is 4.79. The fourth-order valence-corrected chi connectivity index (χ4v) is 1.17. The van der Waals surface area contributed by atoms with Gasteiger partial charge in [-0.1, -0.05) is 0 Å². The summed E-state index contributed by atoms with van der Waals surface area (Å²) in [4.78, 5) is 11.7. The second kappa shape index (κ2) is 3.57. The average Bonchev–Trinajstić information content (AvgIpc) is 2.30. The van der Waals surface area contributed by atoms with Gasteiger partial charge in [0, 0.05) is 5.54 Å². The van der Waals surface area contributed by atoms with Crippen LogP contribution >= 0.6 is 0 Å². The zero-order valence-corrected chi connectivity index (χ0v) is 9.06. The third kappa shape index (κ3) is 2.23. The maximum atomic E-state index is 11.7. The minimum absolute atomic E-state index is 0.182. The summed E-state index contributed by atoms with van der Waals surface area (Å²) in [5, 5.41) is 13.1. The lowest BCUT2D eigenvalue weighted by atomic mass is 10.1. The number of hydrogen-bond acceptors (Lipinski definition) is 3. The van der Waals surface area contributed by atoms with Crippen molar-refractivity contribution in [3.63, 3.8) is 0 Å². The highest BCUT2D eigenvalue weighted by atomic mass is 16.3. The van der Waals surface area contributed by atoms with Crippen LogP contribution in [0.4, 0.5) is 0 Å². The van der Waals surface area contributed by atoms with E-state index in [1.807, 2.05) is 20.8 Å². The maximum absolute atomic E-state index is 11.7. The van der Waals surface area contributed by atoms with Crippen molar-refractivity contribution in [2.75, 3.05) is 0 Å². The molecule has 0 aliphatic carbocycles. The molecule has 0 unspecified atom stereocenters. The van der Waals surface area contributed by atoms with Gasteiger partial charge in [-0.15, -0.1) is 0 Å². The molecule has 1 aromatic heterocycles. The Bertz CT molecular complexity index is 357. The summed E-state index contributed by atoms with van der Waals surface area (Å²) in [5.74, 6) is 0. The molecular formula is C9H17N3O2.